The third kappa shape index (κ3) is 5.88. The van der Waals surface area contributed by atoms with Crippen LogP contribution in [0.2, 0.25) is 5.02 Å². The highest BCUT2D eigenvalue weighted by molar-refractivity contribution is 7.15. The molecule has 1 N–H and O–H groups in total. The number of ether oxygens (including phenoxy) is 2. The van der Waals surface area contributed by atoms with Gasteiger partial charge in [0.25, 0.3) is 0 Å². The molecule has 0 bridgehead atoms. The molecule has 1 amide bonds. The number of halogens is 1. The van der Waals surface area contributed by atoms with Gasteiger partial charge in [0.05, 0.1) is 25.7 Å². The second-order valence-electron chi connectivity index (χ2n) is 7.43. The molecule has 0 saturated carbocycles. The Kier molecular flexibility index (Phi) is 8.67. The Balaban J connectivity index is 1.75. The van der Waals surface area contributed by atoms with Crippen molar-refractivity contribution < 1.29 is 23.9 Å². The zero-order valence-corrected chi connectivity index (χ0v) is 19.8. The zero-order chi connectivity index (χ0) is 23.1. The number of carbonyl (C=O) groups excluding carboxylic acids is 3. The highest BCUT2D eigenvalue weighted by Crippen LogP contribution is 2.39. The summed E-state index contributed by atoms with van der Waals surface area (Å²) in [6.07, 6.45) is 1.58. The number of hydrogen-bond donors (Lipinski definition) is 1. The van der Waals surface area contributed by atoms with Crippen LogP contribution in [-0.2, 0) is 19.1 Å². The number of thiophene rings is 1. The van der Waals surface area contributed by atoms with Gasteiger partial charge < -0.3 is 14.8 Å². The van der Waals surface area contributed by atoms with E-state index in [4.69, 9.17) is 21.1 Å². The summed E-state index contributed by atoms with van der Waals surface area (Å²) in [5.74, 6) is -1.21. The van der Waals surface area contributed by atoms with Crippen LogP contribution in [0.3, 0.4) is 0 Å². The molecule has 1 aromatic heterocycles. The fourth-order valence-electron chi connectivity index (χ4n) is 3.75. The van der Waals surface area contributed by atoms with Crippen molar-refractivity contribution in [2.45, 2.75) is 26.7 Å². The van der Waals surface area contributed by atoms with Gasteiger partial charge in [0.1, 0.15) is 10.6 Å². The second kappa shape index (κ2) is 11.4. The molecule has 1 aliphatic rings. The van der Waals surface area contributed by atoms with Crippen molar-refractivity contribution in [2.24, 2.45) is 5.92 Å². The molecule has 0 aliphatic carbocycles. The Morgan fingerprint density at radius 3 is 2.62 bits per heavy atom. The second-order valence-corrected chi connectivity index (χ2v) is 8.72. The summed E-state index contributed by atoms with van der Waals surface area (Å²) in [5.41, 5.74) is 1.61. The maximum Gasteiger partial charge on any atom is 0.341 e. The molecule has 1 saturated heterocycles. The Labute approximate surface area is 196 Å². The summed E-state index contributed by atoms with van der Waals surface area (Å²) in [6.45, 7) is 5.40. The van der Waals surface area contributed by atoms with Gasteiger partial charge in [-0.25, -0.2) is 4.79 Å². The van der Waals surface area contributed by atoms with E-state index in [1.54, 1.807) is 25.3 Å². The molecule has 32 heavy (non-hydrogen) atoms. The fraction of sp³-hybridized carbons (Fsp3) is 0.435. The molecule has 7 nitrogen and oxygen atoms in total. The van der Waals surface area contributed by atoms with E-state index in [-0.39, 0.29) is 30.9 Å². The number of hydrogen-bond acceptors (Lipinski definition) is 7. The smallest absolute Gasteiger partial charge is 0.341 e. The van der Waals surface area contributed by atoms with Crippen LogP contribution in [0.5, 0.6) is 0 Å². The van der Waals surface area contributed by atoms with Gasteiger partial charge in [0, 0.05) is 28.1 Å². The summed E-state index contributed by atoms with van der Waals surface area (Å²) in [5, 5.41) is 5.57. The molecule has 3 rings (SSSR count). The third-order valence-electron chi connectivity index (χ3n) is 5.18. The maximum atomic E-state index is 12.8. The molecule has 9 heteroatoms. The average Bonchev–Trinajstić information content (AvgIpc) is 3.17. The maximum absolute atomic E-state index is 12.8. The molecule has 1 atom stereocenters. The van der Waals surface area contributed by atoms with Gasteiger partial charge in [-0.3, -0.25) is 14.5 Å². The number of amides is 1. The van der Waals surface area contributed by atoms with Crippen LogP contribution in [0.15, 0.2) is 29.6 Å². The van der Waals surface area contributed by atoms with Crippen molar-refractivity contribution in [1.82, 2.24) is 4.90 Å². The molecule has 0 spiro atoms. The fourth-order valence-corrected chi connectivity index (χ4v) is 4.96. The SMILES string of the molecule is CCOC(=O)c1c(-c2ccccc2Cl)csc1NC(=O)CN1CCCC(C(=O)OCC)C1. The van der Waals surface area contributed by atoms with Gasteiger partial charge in [0.2, 0.25) is 5.91 Å². The van der Waals surface area contributed by atoms with Crippen LogP contribution in [-0.4, -0.2) is 55.6 Å². The van der Waals surface area contributed by atoms with Gasteiger partial charge in [0.15, 0.2) is 0 Å². The van der Waals surface area contributed by atoms with E-state index in [0.717, 1.165) is 19.4 Å². The number of rotatable bonds is 8. The lowest BCUT2D eigenvalue weighted by atomic mass is 9.98. The van der Waals surface area contributed by atoms with Crippen LogP contribution in [0.4, 0.5) is 5.00 Å². The minimum absolute atomic E-state index is 0.123. The predicted octanol–water partition coefficient (Wildman–Crippen LogP) is 4.46. The normalized spacial score (nSPS) is 16.4. The standard InChI is InChI=1S/C23H27ClN2O5S/c1-3-30-22(28)15-8-7-11-26(12-15)13-19(27)25-21-20(23(29)31-4-2)17(14-32-21)16-9-5-6-10-18(16)24/h5-6,9-10,14-15H,3-4,7-8,11-13H2,1-2H3,(H,25,27). The number of esters is 2. The van der Waals surface area contributed by atoms with Crippen molar-refractivity contribution in [1.29, 1.82) is 0 Å². The van der Waals surface area contributed by atoms with E-state index in [1.807, 2.05) is 23.1 Å². The van der Waals surface area contributed by atoms with Gasteiger partial charge in [-0.2, -0.15) is 0 Å². The van der Waals surface area contributed by atoms with Gasteiger partial charge in [-0.05, 0) is 39.3 Å². The van der Waals surface area contributed by atoms with E-state index in [0.29, 0.717) is 39.9 Å². The molecule has 0 radical (unpaired) electrons. The lowest BCUT2D eigenvalue weighted by Crippen LogP contribution is -2.43. The van der Waals surface area contributed by atoms with Crippen molar-refractivity contribution in [3.63, 3.8) is 0 Å². The highest BCUT2D eigenvalue weighted by atomic mass is 35.5. The number of nitrogens with zero attached hydrogens (tertiary/aromatic N) is 1. The first-order chi connectivity index (χ1) is 15.4. The van der Waals surface area contributed by atoms with Gasteiger partial charge in [-0.15, -0.1) is 11.3 Å². The number of piperidine rings is 1. The van der Waals surface area contributed by atoms with Crippen LogP contribution in [0.1, 0.15) is 37.0 Å². The molecule has 1 aliphatic heterocycles. The lowest BCUT2D eigenvalue weighted by Gasteiger charge is -2.30. The van der Waals surface area contributed by atoms with E-state index < -0.39 is 5.97 Å². The van der Waals surface area contributed by atoms with Crippen molar-refractivity contribution in [3.05, 3.63) is 40.2 Å². The van der Waals surface area contributed by atoms with Crippen LogP contribution in [0, 0.1) is 5.92 Å². The Morgan fingerprint density at radius 1 is 1.16 bits per heavy atom. The minimum Gasteiger partial charge on any atom is -0.466 e. The first kappa shape index (κ1) is 24.2. The van der Waals surface area contributed by atoms with Crippen LogP contribution >= 0.6 is 22.9 Å². The summed E-state index contributed by atoms with van der Waals surface area (Å²) in [6, 6.07) is 7.22. The molecule has 2 heterocycles. The first-order valence-corrected chi connectivity index (χ1v) is 11.9. The lowest BCUT2D eigenvalue weighted by molar-refractivity contribution is -0.150. The summed E-state index contributed by atoms with van der Waals surface area (Å²) < 4.78 is 10.4. The molecule has 2 aromatic rings. The van der Waals surface area contributed by atoms with Crippen molar-refractivity contribution in [2.75, 3.05) is 38.2 Å². The number of benzene rings is 1. The molecular formula is C23H27ClN2O5S. The summed E-state index contributed by atoms with van der Waals surface area (Å²) >= 11 is 7.59. The third-order valence-corrected chi connectivity index (χ3v) is 6.41. The Morgan fingerprint density at radius 2 is 1.91 bits per heavy atom. The van der Waals surface area contributed by atoms with Crippen LogP contribution in [0.25, 0.3) is 11.1 Å². The van der Waals surface area contributed by atoms with Gasteiger partial charge in [-0.1, -0.05) is 29.8 Å². The van der Waals surface area contributed by atoms with Crippen LogP contribution < -0.4 is 5.32 Å². The minimum atomic E-state index is -0.515. The average molecular weight is 479 g/mol. The van der Waals surface area contributed by atoms with E-state index in [9.17, 15) is 14.4 Å². The topological polar surface area (TPSA) is 84.9 Å². The highest BCUT2D eigenvalue weighted by Gasteiger charge is 2.29. The molecule has 172 valence electrons. The van der Waals surface area contributed by atoms with E-state index in [2.05, 4.69) is 5.32 Å². The number of nitrogens with one attached hydrogen (secondary N) is 1. The summed E-state index contributed by atoms with van der Waals surface area (Å²) in [7, 11) is 0. The first-order valence-electron chi connectivity index (χ1n) is 10.7. The molecule has 1 unspecified atom stereocenters. The Hall–Kier alpha value is -2.42. The number of anilines is 1. The number of likely N-dealkylation sites (tertiary alicyclic amines) is 1. The summed E-state index contributed by atoms with van der Waals surface area (Å²) in [4.78, 5) is 39.5. The molecule has 1 aromatic carbocycles. The monoisotopic (exact) mass is 478 g/mol. The molecular weight excluding hydrogens is 452 g/mol. The van der Waals surface area contributed by atoms with E-state index >= 15 is 0 Å². The quantitative estimate of drug-likeness (QED) is 0.564. The predicted molar refractivity (Wildman–Crippen MR) is 125 cm³/mol. The zero-order valence-electron chi connectivity index (χ0n) is 18.2. The molecule has 1 fully saturated rings. The van der Waals surface area contributed by atoms with Crippen molar-refractivity contribution >= 4 is 45.8 Å². The largest absolute Gasteiger partial charge is 0.466 e. The number of carbonyl (C=O) groups is 3. The van der Waals surface area contributed by atoms with Gasteiger partial charge >= 0.3 is 11.9 Å². The Bertz CT molecular complexity index is 977. The van der Waals surface area contributed by atoms with E-state index in [1.165, 1.54) is 11.3 Å². The van der Waals surface area contributed by atoms with Crippen molar-refractivity contribution in [3.8, 4) is 11.1 Å².